The van der Waals surface area contributed by atoms with Gasteiger partial charge in [-0.2, -0.15) is 5.26 Å². The number of amides is 2. The molecule has 0 saturated carbocycles. The first-order valence-corrected chi connectivity index (χ1v) is 8.46. The van der Waals surface area contributed by atoms with E-state index in [1.165, 1.54) is 5.56 Å². The fraction of sp³-hybridized carbons (Fsp3) is 0.300. The Morgan fingerprint density at radius 1 is 1.12 bits per heavy atom. The number of anilines is 1. The number of nitrogens with one attached hydrogen (secondary N) is 1. The molecule has 2 aromatic rings. The van der Waals surface area contributed by atoms with E-state index in [1.54, 1.807) is 29.2 Å². The van der Waals surface area contributed by atoms with Gasteiger partial charge in [-0.25, -0.2) is 4.79 Å². The van der Waals surface area contributed by atoms with Gasteiger partial charge in [-0.05, 0) is 42.7 Å². The van der Waals surface area contributed by atoms with Gasteiger partial charge in [-0.3, -0.25) is 0 Å². The number of benzene rings is 2. The van der Waals surface area contributed by atoms with Crippen molar-refractivity contribution in [3.8, 4) is 6.07 Å². The van der Waals surface area contributed by atoms with E-state index in [0.717, 1.165) is 12.8 Å². The van der Waals surface area contributed by atoms with Crippen LogP contribution in [-0.2, 0) is 11.3 Å². The molecule has 0 unspecified atom stereocenters. The highest BCUT2D eigenvalue weighted by Gasteiger charge is 2.23. The summed E-state index contributed by atoms with van der Waals surface area (Å²) < 4.78 is 5.95. The zero-order valence-corrected chi connectivity index (χ0v) is 14.0. The van der Waals surface area contributed by atoms with Crippen molar-refractivity contribution in [2.24, 2.45) is 0 Å². The number of piperidine rings is 1. The first-order valence-electron chi connectivity index (χ1n) is 8.46. The molecule has 5 nitrogen and oxygen atoms in total. The Labute approximate surface area is 147 Å². The third-order valence-electron chi connectivity index (χ3n) is 4.32. The number of ether oxygens (including phenoxy) is 1. The predicted octanol–water partition coefficient (Wildman–Crippen LogP) is 3.77. The molecule has 0 bridgehead atoms. The molecule has 0 atom stereocenters. The summed E-state index contributed by atoms with van der Waals surface area (Å²) in [5, 5.41) is 11.7. The van der Waals surface area contributed by atoms with Crippen LogP contribution < -0.4 is 5.32 Å². The molecule has 0 radical (unpaired) electrons. The number of hydrogen-bond donors (Lipinski definition) is 1. The molecule has 1 aliphatic heterocycles. The van der Waals surface area contributed by atoms with Crippen LogP contribution in [0.1, 0.15) is 24.0 Å². The maximum atomic E-state index is 12.3. The summed E-state index contributed by atoms with van der Waals surface area (Å²) in [6.07, 6.45) is 1.88. The van der Waals surface area contributed by atoms with Crippen molar-refractivity contribution >= 4 is 11.7 Å². The van der Waals surface area contributed by atoms with Crippen molar-refractivity contribution in [1.29, 1.82) is 5.26 Å². The highest BCUT2D eigenvalue weighted by atomic mass is 16.5. The number of nitrogens with zero attached hydrogens (tertiary/aromatic N) is 2. The zero-order valence-electron chi connectivity index (χ0n) is 14.0. The van der Waals surface area contributed by atoms with Gasteiger partial charge in [0.1, 0.15) is 0 Å². The smallest absolute Gasteiger partial charge is 0.321 e. The molecule has 5 heteroatoms. The summed E-state index contributed by atoms with van der Waals surface area (Å²) in [5.74, 6) is 0. The highest BCUT2D eigenvalue weighted by molar-refractivity contribution is 5.89. The Hall–Kier alpha value is -2.84. The van der Waals surface area contributed by atoms with Crippen LogP contribution in [0.4, 0.5) is 10.5 Å². The number of hydrogen-bond acceptors (Lipinski definition) is 3. The topological polar surface area (TPSA) is 65.4 Å². The molecule has 1 aliphatic rings. The number of rotatable bonds is 4. The van der Waals surface area contributed by atoms with E-state index in [4.69, 9.17) is 10.00 Å². The average molecular weight is 335 g/mol. The molecule has 1 saturated heterocycles. The lowest BCUT2D eigenvalue weighted by Crippen LogP contribution is -2.43. The molecule has 3 rings (SSSR count). The van der Waals surface area contributed by atoms with Gasteiger partial charge in [0.25, 0.3) is 0 Å². The van der Waals surface area contributed by atoms with Gasteiger partial charge in [0.05, 0.1) is 24.3 Å². The van der Waals surface area contributed by atoms with Gasteiger partial charge in [0.15, 0.2) is 0 Å². The van der Waals surface area contributed by atoms with E-state index in [-0.39, 0.29) is 12.1 Å². The number of likely N-dealkylation sites (tertiary alicyclic amines) is 1. The quantitative estimate of drug-likeness (QED) is 0.925. The normalized spacial score (nSPS) is 14.8. The molecule has 0 spiro atoms. The van der Waals surface area contributed by atoms with E-state index in [2.05, 4.69) is 23.5 Å². The summed E-state index contributed by atoms with van der Waals surface area (Å²) in [6.45, 7) is 1.98. The predicted molar refractivity (Wildman–Crippen MR) is 96.0 cm³/mol. The van der Waals surface area contributed by atoms with Gasteiger partial charge >= 0.3 is 6.03 Å². The lowest BCUT2D eigenvalue weighted by molar-refractivity contribution is 0.00540. The first-order chi connectivity index (χ1) is 12.2. The lowest BCUT2D eigenvalue weighted by Gasteiger charge is -2.32. The summed E-state index contributed by atoms with van der Waals surface area (Å²) in [7, 11) is 0. The minimum absolute atomic E-state index is 0.105. The number of carbonyl (C=O) groups is 1. The molecule has 25 heavy (non-hydrogen) atoms. The van der Waals surface area contributed by atoms with Gasteiger partial charge in [0.2, 0.25) is 0 Å². The van der Waals surface area contributed by atoms with E-state index in [1.807, 2.05) is 18.2 Å². The molecule has 1 fully saturated rings. The average Bonchev–Trinajstić information content (AvgIpc) is 2.68. The van der Waals surface area contributed by atoms with E-state index in [0.29, 0.717) is 30.9 Å². The molecular formula is C20H21N3O2. The van der Waals surface area contributed by atoms with Crippen molar-refractivity contribution in [2.45, 2.75) is 25.6 Å². The largest absolute Gasteiger partial charge is 0.373 e. The molecule has 2 amide bonds. The van der Waals surface area contributed by atoms with E-state index >= 15 is 0 Å². The Bertz CT molecular complexity index is 730. The molecule has 2 aromatic carbocycles. The van der Waals surface area contributed by atoms with Crippen molar-refractivity contribution in [1.82, 2.24) is 4.90 Å². The van der Waals surface area contributed by atoms with E-state index < -0.39 is 0 Å². The maximum absolute atomic E-state index is 12.3. The summed E-state index contributed by atoms with van der Waals surface area (Å²) >= 11 is 0. The standard InChI is InChI=1S/C20H21N3O2/c21-14-16-6-8-18(9-7-16)22-20(24)23-12-10-19(11-13-23)25-15-17-4-2-1-3-5-17/h1-9,19H,10-13,15H2,(H,22,24). The molecule has 128 valence electrons. The third-order valence-corrected chi connectivity index (χ3v) is 4.32. The Morgan fingerprint density at radius 3 is 2.44 bits per heavy atom. The van der Waals surface area contributed by atoms with Crippen LogP contribution in [-0.4, -0.2) is 30.1 Å². The number of urea groups is 1. The molecule has 0 aromatic heterocycles. The Balaban J connectivity index is 1.43. The van der Waals surface area contributed by atoms with Crippen molar-refractivity contribution in [2.75, 3.05) is 18.4 Å². The summed E-state index contributed by atoms with van der Waals surface area (Å²) in [5.41, 5.74) is 2.45. The monoisotopic (exact) mass is 335 g/mol. The van der Waals surface area contributed by atoms with Gasteiger partial charge in [-0.15, -0.1) is 0 Å². The third kappa shape index (κ3) is 4.82. The van der Waals surface area contributed by atoms with E-state index in [9.17, 15) is 4.79 Å². The van der Waals surface area contributed by atoms with Crippen molar-refractivity contribution in [3.63, 3.8) is 0 Å². The van der Waals surface area contributed by atoms with Crippen LogP contribution in [0.2, 0.25) is 0 Å². The first kappa shape index (κ1) is 17.0. The fourth-order valence-corrected chi connectivity index (χ4v) is 2.84. The number of carbonyl (C=O) groups excluding carboxylic acids is 1. The highest BCUT2D eigenvalue weighted by Crippen LogP contribution is 2.17. The summed E-state index contributed by atoms with van der Waals surface area (Å²) in [6, 6.07) is 19.0. The van der Waals surface area contributed by atoms with Crippen LogP contribution in [0.5, 0.6) is 0 Å². The fourth-order valence-electron chi connectivity index (χ4n) is 2.84. The van der Waals surface area contributed by atoms with Gasteiger partial charge in [-0.1, -0.05) is 30.3 Å². The molecule has 0 aliphatic carbocycles. The minimum Gasteiger partial charge on any atom is -0.373 e. The second-order valence-corrected chi connectivity index (χ2v) is 6.10. The van der Waals surface area contributed by atoms with Crippen LogP contribution in [0.3, 0.4) is 0 Å². The molecule has 1 heterocycles. The Morgan fingerprint density at radius 2 is 1.80 bits per heavy atom. The minimum atomic E-state index is -0.105. The molecule has 1 N–H and O–H groups in total. The van der Waals surface area contributed by atoms with Gasteiger partial charge in [0, 0.05) is 18.8 Å². The van der Waals surface area contributed by atoms with Crippen LogP contribution in [0.25, 0.3) is 0 Å². The lowest BCUT2D eigenvalue weighted by atomic mass is 10.1. The van der Waals surface area contributed by atoms with Crippen LogP contribution in [0, 0.1) is 11.3 Å². The second kappa shape index (κ2) is 8.32. The SMILES string of the molecule is N#Cc1ccc(NC(=O)N2CCC(OCc3ccccc3)CC2)cc1. The molecular weight excluding hydrogens is 314 g/mol. The summed E-state index contributed by atoms with van der Waals surface area (Å²) in [4.78, 5) is 14.1. The van der Waals surface area contributed by atoms with Crippen molar-refractivity contribution < 1.29 is 9.53 Å². The van der Waals surface area contributed by atoms with Crippen molar-refractivity contribution in [3.05, 3.63) is 65.7 Å². The van der Waals surface area contributed by atoms with Gasteiger partial charge < -0.3 is 15.0 Å². The second-order valence-electron chi connectivity index (χ2n) is 6.10. The Kier molecular flexibility index (Phi) is 5.65. The van der Waals surface area contributed by atoms with Crippen LogP contribution in [0.15, 0.2) is 54.6 Å². The maximum Gasteiger partial charge on any atom is 0.321 e. The zero-order chi connectivity index (χ0) is 17.5. The van der Waals surface area contributed by atoms with Crippen LogP contribution >= 0.6 is 0 Å². The number of nitriles is 1.